The van der Waals surface area contributed by atoms with Gasteiger partial charge in [0.25, 0.3) is 0 Å². The fourth-order valence-electron chi connectivity index (χ4n) is 2.79. The zero-order valence-corrected chi connectivity index (χ0v) is 12.7. The third-order valence-electron chi connectivity index (χ3n) is 3.63. The van der Waals surface area contributed by atoms with Gasteiger partial charge < -0.3 is 10.2 Å². The maximum absolute atomic E-state index is 12.3. The van der Waals surface area contributed by atoms with Gasteiger partial charge >= 0.3 is 6.03 Å². The molecule has 0 bridgehead atoms. The Morgan fingerprint density at radius 1 is 1.45 bits per heavy atom. The molecule has 0 aliphatic carbocycles. The van der Waals surface area contributed by atoms with Gasteiger partial charge in [-0.2, -0.15) is 0 Å². The highest BCUT2D eigenvalue weighted by molar-refractivity contribution is 5.74. The molecule has 1 aromatic rings. The topological polar surface area (TPSA) is 45.2 Å². The monoisotopic (exact) mass is 275 g/mol. The van der Waals surface area contributed by atoms with Crippen molar-refractivity contribution in [3.63, 3.8) is 0 Å². The summed E-state index contributed by atoms with van der Waals surface area (Å²) in [6, 6.07) is 6.16. The highest BCUT2D eigenvalue weighted by atomic mass is 16.2. The summed E-state index contributed by atoms with van der Waals surface area (Å²) in [5.41, 5.74) is 1.15. The molecule has 0 spiro atoms. The molecule has 2 amide bonds. The third-order valence-corrected chi connectivity index (χ3v) is 3.63. The smallest absolute Gasteiger partial charge is 0.317 e. The van der Waals surface area contributed by atoms with Crippen LogP contribution in [0.15, 0.2) is 24.4 Å². The molecule has 4 nitrogen and oxygen atoms in total. The summed E-state index contributed by atoms with van der Waals surface area (Å²) >= 11 is 0. The fraction of sp³-hybridized carbons (Fsp3) is 0.625. The number of aromatic nitrogens is 1. The van der Waals surface area contributed by atoms with Crippen LogP contribution in [-0.2, 0) is 6.54 Å². The first-order chi connectivity index (χ1) is 9.46. The molecule has 1 atom stereocenters. The Morgan fingerprint density at radius 3 is 2.90 bits per heavy atom. The van der Waals surface area contributed by atoms with Crippen molar-refractivity contribution in [1.29, 1.82) is 0 Å². The van der Waals surface area contributed by atoms with Crippen LogP contribution in [0.4, 0.5) is 4.79 Å². The molecule has 110 valence electrons. The lowest BCUT2D eigenvalue weighted by Crippen LogP contribution is -2.43. The van der Waals surface area contributed by atoms with Crippen LogP contribution in [0.3, 0.4) is 0 Å². The van der Waals surface area contributed by atoms with Crippen molar-refractivity contribution in [1.82, 2.24) is 15.2 Å². The van der Waals surface area contributed by atoms with Gasteiger partial charge in [-0.1, -0.05) is 26.8 Å². The quantitative estimate of drug-likeness (QED) is 0.920. The fourth-order valence-corrected chi connectivity index (χ4v) is 2.79. The predicted octanol–water partition coefficient (Wildman–Crippen LogP) is 3.19. The van der Waals surface area contributed by atoms with Crippen LogP contribution in [0.5, 0.6) is 0 Å². The normalized spacial score (nSPS) is 19.1. The number of hydrogen-bond donors (Lipinski definition) is 1. The van der Waals surface area contributed by atoms with E-state index in [0.29, 0.717) is 12.6 Å². The first-order valence-corrected chi connectivity index (χ1v) is 7.40. The van der Waals surface area contributed by atoms with Crippen LogP contribution in [0.1, 0.15) is 45.7 Å². The van der Waals surface area contributed by atoms with Gasteiger partial charge in [0, 0.05) is 18.8 Å². The number of pyridine rings is 1. The van der Waals surface area contributed by atoms with Gasteiger partial charge in [-0.05, 0) is 36.8 Å². The Kier molecular flexibility index (Phi) is 4.63. The number of likely N-dealkylation sites (tertiary alicyclic amines) is 1. The van der Waals surface area contributed by atoms with Crippen molar-refractivity contribution in [2.75, 3.05) is 6.54 Å². The largest absolute Gasteiger partial charge is 0.332 e. The molecule has 0 saturated carbocycles. The average Bonchev–Trinajstić information content (AvgIpc) is 2.83. The number of rotatable bonds is 3. The lowest BCUT2D eigenvalue weighted by atomic mass is 9.87. The summed E-state index contributed by atoms with van der Waals surface area (Å²) in [7, 11) is 0. The molecular weight excluding hydrogens is 250 g/mol. The highest BCUT2D eigenvalue weighted by Gasteiger charge is 2.31. The zero-order valence-electron chi connectivity index (χ0n) is 12.7. The summed E-state index contributed by atoms with van der Waals surface area (Å²) in [6.07, 6.45) is 5.04. The number of amides is 2. The number of carbonyl (C=O) groups is 1. The number of urea groups is 1. The third kappa shape index (κ3) is 4.22. The molecule has 20 heavy (non-hydrogen) atoms. The van der Waals surface area contributed by atoms with Crippen LogP contribution in [0.2, 0.25) is 0 Å². The number of nitrogens with zero attached hydrogens (tertiary/aromatic N) is 2. The minimum atomic E-state index is 0.0439. The van der Waals surface area contributed by atoms with E-state index in [2.05, 4.69) is 31.1 Å². The van der Waals surface area contributed by atoms with E-state index in [1.54, 1.807) is 6.20 Å². The van der Waals surface area contributed by atoms with Crippen molar-refractivity contribution >= 4 is 6.03 Å². The highest BCUT2D eigenvalue weighted by Crippen LogP contribution is 2.29. The van der Waals surface area contributed by atoms with Gasteiger partial charge in [0.2, 0.25) is 0 Å². The average molecular weight is 275 g/mol. The Balaban J connectivity index is 1.88. The first-order valence-electron chi connectivity index (χ1n) is 7.40. The van der Waals surface area contributed by atoms with E-state index in [1.165, 1.54) is 0 Å². The second-order valence-corrected chi connectivity index (χ2v) is 6.73. The summed E-state index contributed by atoms with van der Waals surface area (Å²) in [5, 5.41) is 2.98. The molecule has 1 aliphatic heterocycles. The van der Waals surface area contributed by atoms with Gasteiger partial charge in [-0.3, -0.25) is 4.98 Å². The van der Waals surface area contributed by atoms with Gasteiger partial charge in [0.05, 0.1) is 12.2 Å². The minimum absolute atomic E-state index is 0.0439. The summed E-state index contributed by atoms with van der Waals surface area (Å²) < 4.78 is 0. The van der Waals surface area contributed by atoms with Crippen LogP contribution in [0, 0.1) is 5.41 Å². The maximum Gasteiger partial charge on any atom is 0.317 e. The predicted molar refractivity (Wildman–Crippen MR) is 80.3 cm³/mol. The lowest BCUT2D eigenvalue weighted by molar-refractivity contribution is 0.174. The molecule has 2 heterocycles. The number of carbonyl (C=O) groups excluding carboxylic acids is 1. The maximum atomic E-state index is 12.3. The van der Waals surface area contributed by atoms with Crippen LogP contribution in [0.25, 0.3) is 0 Å². The molecule has 1 saturated heterocycles. The molecule has 0 aromatic carbocycles. The van der Waals surface area contributed by atoms with E-state index in [0.717, 1.165) is 31.5 Å². The molecule has 1 aromatic heterocycles. The van der Waals surface area contributed by atoms with Gasteiger partial charge in [0.15, 0.2) is 0 Å². The van der Waals surface area contributed by atoms with E-state index in [9.17, 15) is 4.79 Å². The lowest BCUT2D eigenvalue weighted by Gasteiger charge is -2.30. The molecule has 1 fully saturated rings. The second-order valence-electron chi connectivity index (χ2n) is 6.73. The summed E-state index contributed by atoms with van der Waals surface area (Å²) in [6.45, 7) is 8.06. The van der Waals surface area contributed by atoms with Crippen molar-refractivity contribution in [3.8, 4) is 0 Å². The van der Waals surface area contributed by atoms with Crippen LogP contribution in [-0.4, -0.2) is 28.5 Å². The molecule has 0 unspecified atom stereocenters. The van der Waals surface area contributed by atoms with E-state index < -0.39 is 0 Å². The van der Waals surface area contributed by atoms with E-state index in [-0.39, 0.29) is 11.4 Å². The van der Waals surface area contributed by atoms with Crippen LogP contribution >= 0.6 is 0 Å². The van der Waals surface area contributed by atoms with Crippen LogP contribution < -0.4 is 5.32 Å². The number of nitrogens with one attached hydrogen (secondary N) is 1. The van der Waals surface area contributed by atoms with Gasteiger partial charge in [-0.25, -0.2) is 4.79 Å². The Hall–Kier alpha value is -1.58. The molecular formula is C16H25N3O. The Bertz CT molecular complexity index is 439. The van der Waals surface area contributed by atoms with Gasteiger partial charge in [-0.15, -0.1) is 0 Å². The van der Waals surface area contributed by atoms with E-state index in [4.69, 9.17) is 0 Å². The molecule has 1 aliphatic rings. The summed E-state index contributed by atoms with van der Waals surface area (Å²) in [5.74, 6) is 0. The van der Waals surface area contributed by atoms with Crippen molar-refractivity contribution in [2.24, 2.45) is 5.41 Å². The van der Waals surface area contributed by atoms with Crippen molar-refractivity contribution in [2.45, 2.75) is 52.6 Å². The molecule has 0 radical (unpaired) electrons. The summed E-state index contributed by atoms with van der Waals surface area (Å²) in [4.78, 5) is 18.5. The molecule has 1 N–H and O–H groups in total. The number of hydrogen-bond acceptors (Lipinski definition) is 2. The van der Waals surface area contributed by atoms with E-state index >= 15 is 0 Å². The molecule has 4 heteroatoms. The Morgan fingerprint density at radius 2 is 2.25 bits per heavy atom. The van der Waals surface area contributed by atoms with Gasteiger partial charge in [0.1, 0.15) is 0 Å². The van der Waals surface area contributed by atoms with Crippen molar-refractivity contribution < 1.29 is 4.79 Å². The second kappa shape index (κ2) is 6.25. The molecule has 2 rings (SSSR count). The van der Waals surface area contributed by atoms with E-state index in [1.807, 2.05) is 23.1 Å². The Labute approximate surface area is 121 Å². The minimum Gasteiger partial charge on any atom is -0.332 e. The van der Waals surface area contributed by atoms with Crippen molar-refractivity contribution in [3.05, 3.63) is 30.1 Å². The first kappa shape index (κ1) is 14.8. The standard InChI is InChI=1S/C16H25N3O/c1-16(2,3)11-14-8-6-10-19(14)15(20)18-12-13-7-4-5-9-17-13/h4-5,7,9,14H,6,8,10-12H2,1-3H3,(H,18,20)/t14-/m0/s1. The zero-order chi connectivity index (χ0) is 14.6. The SMILES string of the molecule is CC(C)(C)C[C@@H]1CCCN1C(=O)NCc1ccccn1.